The summed E-state index contributed by atoms with van der Waals surface area (Å²) in [4.78, 5) is 8.90. The van der Waals surface area contributed by atoms with Crippen LogP contribution in [0.15, 0.2) is 0 Å². The third-order valence-corrected chi connectivity index (χ3v) is 5.25. The van der Waals surface area contributed by atoms with Crippen LogP contribution in [0.25, 0.3) is 0 Å². The molecule has 26 heavy (non-hydrogen) atoms. The molecule has 152 valence electrons. The van der Waals surface area contributed by atoms with Crippen LogP contribution in [0.2, 0.25) is 0 Å². The summed E-state index contributed by atoms with van der Waals surface area (Å²) in [6.07, 6.45) is -2.67. The lowest BCUT2D eigenvalue weighted by Gasteiger charge is -2.53. The predicted octanol–water partition coefficient (Wildman–Crippen LogP) is 0.427. The van der Waals surface area contributed by atoms with Crippen LogP contribution in [0.1, 0.15) is 40.5 Å². The monoisotopic (exact) mass is 396 g/mol. The molecule has 2 fully saturated rings. The van der Waals surface area contributed by atoms with Crippen molar-refractivity contribution < 1.29 is 38.4 Å². The Morgan fingerprint density at radius 3 is 2.46 bits per heavy atom. The molecule has 6 atom stereocenters. The minimum atomic E-state index is -2.97. The second-order valence-electron chi connectivity index (χ2n) is 8.19. The lowest BCUT2D eigenvalue weighted by atomic mass is 9.61. The van der Waals surface area contributed by atoms with Crippen LogP contribution >= 0.6 is 8.25 Å². The molecule has 0 aromatic carbocycles. The summed E-state index contributed by atoms with van der Waals surface area (Å²) in [5, 5.41) is 19.7. The molecule has 1 aliphatic carbocycles. The summed E-state index contributed by atoms with van der Waals surface area (Å²) in [6, 6.07) is -0.972. The molecule has 1 aliphatic heterocycles. The van der Waals surface area contributed by atoms with Gasteiger partial charge in [0, 0.05) is 4.57 Å². The summed E-state index contributed by atoms with van der Waals surface area (Å²) in [5.74, 6) is 0. The lowest BCUT2D eigenvalue weighted by Crippen LogP contribution is -2.63. The van der Waals surface area contributed by atoms with Gasteiger partial charge in [0.1, 0.15) is 12.2 Å². The Morgan fingerprint density at radius 1 is 1.35 bits per heavy atom. The Bertz CT molecular complexity index is 497. The van der Waals surface area contributed by atoms with Gasteiger partial charge in [0.15, 0.2) is 12.4 Å². The minimum Gasteiger partial charge on any atom is -0.394 e. The summed E-state index contributed by atoms with van der Waals surface area (Å²) < 4.78 is 32.9. The molecular weight excluding hydrogens is 365 g/mol. The van der Waals surface area contributed by atoms with E-state index in [1.54, 1.807) is 0 Å². The zero-order valence-corrected chi connectivity index (χ0v) is 16.6. The van der Waals surface area contributed by atoms with E-state index < -0.39 is 45.5 Å². The molecule has 2 aliphatic rings. The van der Waals surface area contributed by atoms with Crippen LogP contribution < -0.4 is 5.73 Å². The molecule has 5 N–H and O–H groups in total. The predicted molar refractivity (Wildman–Crippen MR) is 92.3 cm³/mol. The molecule has 1 saturated heterocycles. The number of nitrogens with two attached hydrogens (primary N) is 1. The van der Waals surface area contributed by atoms with E-state index in [1.165, 1.54) is 0 Å². The van der Waals surface area contributed by atoms with E-state index in [0.717, 1.165) is 12.8 Å². The van der Waals surface area contributed by atoms with Gasteiger partial charge in [-0.3, -0.25) is 0 Å². The van der Waals surface area contributed by atoms with Gasteiger partial charge in [0.2, 0.25) is 0 Å². The molecule has 0 radical (unpaired) electrons. The van der Waals surface area contributed by atoms with Crippen molar-refractivity contribution in [3.05, 3.63) is 0 Å². The fourth-order valence-electron chi connectivity index (χ4n) is 4.26. The molecule has 0 amide bonds. The topological polar surface area (TPSA) is 141 Å². The van der Waals surface area contributed by atoms with Crippen molar-refractivity contribution in [3.8, 4) is 0 Å². The molecular formula is C16H31NO8P+. The Balaban J connectivity index is 1.91. The molecule has 10 heteroatoms. The van der Waals surface area contributed by atoms with Crippen molar-refractivity contribution >= 4 is 8.25 Å². The first-order valence-electron chi connectivity index (χ1n) is 8.81. The zero-order valence-electron chi connectivity index (χ0n) is 15.7. The number of hydrogen-bond acceptors (Lipinski definition) is 8. The molecule has 0 aromatic heterocycles. The molecule has 6 unspecified atom stereocenters. The maximum Gasteiger partial charge on any atom is 0.695 e. The minimum absolute atomic E-state index is 0.103. The first-order chi connectivity index (χ1) is 12.0. The van der Waals surface area contributed by atoms with Gasteiger partial charge >= 0.3 is 8.25 Å². The lowest BCUT2D eigenvalue weighted by molar-refractivity contribution is -0.279. The highest BCUT2D eigenvalue weighted by molar-refractivity contribution is 7.32. The Kier molecular flexibility index (Phi) is 7.15. The van der Waals surface area contributed by atoms with Gasteiger partial charge in [-0.1, -0.05) is 6.92 Å². The van der Waals surface area contributed by atoms with Crippen molar-refractivity contribution in [2.75, 3.05) is 13.2 Å². The van der Waals surface area contributed by atoms with Gasteiger partial charge in [-0.15, -0.1) is 9.42 Å². The SMILES string of the molecule is CC(C)OC1(C)CC(C)(COC2OC(CO)C(O[P+](=O)O)C(O)C2N)C1. The molecule has 2 rings (SSSR count). The van der Waals surface area contributed by atoms with Crippen LogP contribution in [0.4, 0.5) is 0 Å². The fraction of sp³-hybridized carbons (Fsp3) is 1.00. The van der Waals surface area contributed by atoms with E-state index in [-0.39, 0.29) is 17.1 Å². The Hall–Kier alpha value is -0.220. The number of rotatable bonds is 8. The van der Waals surface area contributed by atoms with Gasteiger partial charge < -0.3 is 30.2 Å². The largest absolute Gasteiger partial charge is 0.695 e. The maximum atomic E-state index is 10.9. The molecule has 1 heterocycles. The van der Waals surface area contributed by atoms with Gasteiger partial charge in [-0.05, 0) is 39.0 Å². The summed E-state index contributed by atoms with van der Waals surface area (Å²) in [6.45, 7) is 8.00. The second kappa shape index (κ2) is 8.43. The van der Waals surface area contributed by atoms with Gasteiger partial charge in [-0.2, -0.15) is 0 Å². The Labute approximate surface area is 154 Å². The van der Waals surface area contributed by atoms with E-state index >= 15 is 0 Å². The molecule has 1 saturated carbocycles. The molecule has 0 aromatic rings. The van der Waals surface area contributed by atoms with Crippen molar-refractivity contribution in [2.24, 2.45) is 11.1 Å². The fourth-order valence-corrected chi connectivity index (χ4v) is 4.73. The van der Waals surface area contributed by atoms with Gasteiger partial charge in [0.05, 0.1) is 31.0 Å². The van der Waals surface area contributed by atoms with E-state index in [4.69, 9.17) is 29.4 Å². The summed E-state index contributed by atoms with van der Waals surface area (Å²) in [7, 11) is -2.97. The zero-order chi connectivity index (χ0) is 19.7. The number of aliphatic hydroxyl groups excluding tert-OH is 2. The number of ether oxygens (including phenoxy) is 3. The second-order valence-corrected chi connectivity index (χ2v) is 8.88. The Morgan fingerprint density at radius 2 is 1.96 bits per heavy atom. The first-order valence-corrected chi connectivity index (χ1v) is 9.94. The van der Waals surface area contributed by atoms with E-state index in [9.17, 15) is 14.8 Å². The van der Waals surface area contributed by atoms with Gasteiger partial charge in [0.25, 0.3) is 0 Å². The van der Waals surface area contributed by atoms with Crippen LogP contribution in [0.3, 0.4) is 0 Å². The molecule has 0 spiro atoms. The maximum absolute atomic E-state index is 10.9. The number of hydrogen-bond donors (Lipinski definition) is 4. The normalized spacial score (nSPS) is 44.0. The average Bonchev–Trinajstić information content (AvgIpc) is 2.48. The molecule has 0 bridgehead atoms. The van der Waals surface area contributed by atoms with E-state index in [2.05, 4.69) is 13.8 Å². The van der Waals surface area contributed by atoms with Crippen LogP contribution in [0.5, 0.6) is 0 Å². The highest BCUT2D eigenvalue weighted by Gasteiger charge is 2.52. The first kappa shape index (κ1) is 22.1. The average molecular weight is 396 g/mol. The van der Waals surface area contributed by atoms with E-state index in [0.29, 0.717) is 6.61 Å². The van der Waals surface area contributed by atoms with Crippen LogP contribution in [-0.2, 0) is 23.3 Å². The summed E-state index contributed by atoms with van der Waals surface area (Å²) >= 11 is 0. The standard InChI is InChI=1S/C16H30NO8P/c1-9(2)24-16(4)6-15(3,7-16)8-22-14-11(17)12(19)13(25-26(20)21)10(5-18)23-14/h9-14,18-19H,5-8,17H2,1-4H3/p+1. The van der Waals surface area contributed by atoms with Crippen LogP contribution in [-0.4, -0.2) is 70.7 Å². The van der Waals surface area contributed by atoms with Gasteiger partial charge in [-0.25, -0.2) is 0 Å². The smallest absolute Gasteiger partial charge is 0.394 e. The molecule has 9 nitrogen and oxygen atoms in total. The third-order valence-electron chi connectivity index (χ3n) is 4.83. The third kappa shape index (κ3) is 5.19. The van der Waals surface area contributed by atoms with Crippen molar-refractivity contribution in [2.45, 2.75) is 82.9 Å². The van der Waals surface area contributed by atoms with Crippen LogP contribution in [0, 0.1) is 5.41 Å². The van der Waals surface area contributed by atoms with Crippen molar-refractivity contribution in [3.63, 3.8) is 0 Å². The number of aliphatic hydroxyl groups is 2. The van der Waals surface area contributed by atoms with Crippen molar-refractivity contribution in [1.82, 2.24) is 0 Å². The highest BCUT2D eigenvalue weighted by Crippen LogP contribution is 2.51. The van der Waals surface area contributed by atoms with Crippen molar-refractivity contribution in [1.29, 1.82) is 0 Å². The van der Waals surface area contributed by atoms with E-state index in [1.807, 2.05) is 13.8 Å². The highest BCUT2D eigenvalue weighted by atomic mass is 31.1. The summed E-state index contributed by atoms with van der Waals surface area (Å²) in [5.41, 5.74) is 5.67. The quantitative estimate of drug-likeness (QED) is 0.430.